The third-order valence-corrected chi connectivity index (χ3v) is 7.52. The van der Waals surface area contributed by atoms with Crippen molar-refractivity contribution in [1.82, 2.24) is 10.3 Å². The molecule has 2 aliphatic rings. The Morgan fingerprint density at radius 3 is 2.57 bits per heavy atom. The van der Waals surface area contributed by atoms with Gasteiger partial charge in [0, 0.05) is 17.2 Å². The summed E-state index contributed by atoms with van der Waals surface area (Å²) >= 11 is 1.22. The van der Waals surface area contributed by atoms with Crippen molar-refractivity contribution >= 4 is 28.6 Å². The molecule has 1 atom stereocenters. The molecule has 4 rings (SSSR count). The standard InChI is InChI=1S/C26H30FN3O4S/c1-3-23-24(19-12-13-21(33-2)22(14-19)34-16-27)29-30(26(32)35-23)15-17-8-10-18(11-9-17)25(31)28-20-6-4-5-7-20/h8-14,20,23H,3-7,15-16H2,1-2H3,(H,28,31). The number of amides is 2. The van der Waals surface area contributed by atoms with Gasteiger partial charge < -0.3 is 14.8 Å². The molecule has 1 saturated carbocycles. The number of carbonyl (C=O) groups excluding carboxylic acids is 2. The van der Waals surface area contributed by atoms with E-state index in [1.807, 2.05) is 25.1 Å². The number of benzene rings is 2. The fourth-order valence-electron chi connectivity index (χ4n) is 4.37. The highest BCUT2D eigenvalue weighted by molar-refractivity contribution is 8.14. The normalized spacial score (nSPS) is 18.4. The Balaban J connectivity index is 1.52. The third-order valence-electron chi connectivity index (χ3n) is 6.27. The molecule has 7 nitrogen and oxygen atoms in total. The molecule has 35 heavy (non-hydrogen) atoms. The monoisotopic (exact) mass is 499 g/mol. The fourth-order valence-corrected chi connectivity index (χ4v) is 5.31. The Morgan fingerprint density at radius 1 is 1.17 bits per heavy atom. The first kappa shape index (κ1) is 25.0. The van der Waals surface area contributed by atoms with Gasteiger partial charge in [0.05, 0.1) is 24.6 Å². The van der Waals surface area contributed by atoms with Gasteiger partial charge in [-0.3, -0.25) is 9.59 Å². The molecule has 2 aromatic carbocycles. The second-order valence-electron chi connectivity index (χ2n) is 8.59. The average Bonchev–Trinajstić information content (AvgIpc) is 3.38. The number of methoxy groups -OCH3 is 1. The number of alkyl halides is 1. The molecule has 2 amide bonds. The molecule has 1 N–H and O–H groups in total. The van der Waals surface area contributed by atoms with Crippen LogP contribution in [0.4, 0.5) is 9.18 Å². The Morgan fingerprint density at radius 2 is 1.91 bits per heavy atom. The number of thioether (sulfide) groups is 1. The van der Waals surface area contributed by atoms with Gasteiger partial charge >= 0.3 is 5.24 Å². The first-order valence-electron chi connectivity index (χ1n) is 11.9. The summed E-state index contributed by atoms with van der Waals surface area (Å²) in [5, 5.41) is 8.92. The lowest BCUT2D eigenvalue weighted by Gasteiger charge is -2.28. The number of carbonyl (C=O) groups is 2. The zero-order chi connectivity index (χ0) is 24.8. The Hall–Kier alpha value is -3.07. The maximum atomic E-state index is 12.9. The first-order chi connectivity index (χ1) is 17.0. The van der Waals surface area contributed by atoms with Gasteiger partial charge in [0.25, 0.3) is 5.91 Å². The van der Waals surface area contributed by atoms with Crippen LogP contribution in [0.15, 0.2) is 47.6 Å². The molecule has 0 saturated heterocycles. The second-order valence-corrected chi connectivity index (χ2v) is 9.75. The van der Waals surface area contributed by atoms with Crippen molar-refractivity contribution in [3.05, 3.63) is 59.2 Å². The molecular formula is C26H30FN3O4S. The number of rotatable bonds is 9. The van der Waals surface area contributed by atoms with Gasteiger partial charge in [-0.2, -0.15) is 5.10 Å². The largest absolute Gasteiger partial charge is 0.493 e. The van der Waals surface area contributed by atoms with Crippen molar-refractivity contribution in [2.45, 2.75) is 56.9 Å². The molecule has 0 aromatic heterocycles. The number of hydrazone groups is 1. The van der Waals surface area contributed by atoms with E-state index in [4.69, 9.17) is 9.47 Å². The Labute approximate surface area is 209 Å². The molecule has 1 heterocycles. The minimum absolute atomic E-state index is 0.0649. The molecule has 1 fully saturated rings. The molecule has 0 spiro atoms. The van der Waals surface area contributed by atoms with Gasteiger partial charge in [-0.15, -0.1) is 0 Å². The molecule has 1 unspecified atom stereocenters. The lowest BCUT2D eigenvalue weighted by molar-refractivity contribution is 0.0937. The summed E-state index contributed by atoms with van der Waals surface area (Å²) in [5.41, 5.74) is 2.93. The minimum atomic E-state index is -0.975. The predicted molar refractivity (Wildman–Crippen MR) is 135 cm³/mol. The number of nitrogens with zero attached hydrogens (tertiary/aromatic N) is 2. The molecule has 1 aliphatic carbocycles. The summed E-state index contributed by atoms with van der Waals surface area (Å²) in [6.45, 7) is 1.30. The van der Waals surface area contributed by atoms with E-state index in [2.05, 4.69) is 10.4 Å². The van der Waals surface area contributed by atoms with E-state index < -0.39 is 6.86 Å². The SMILES string of the molecule is CCC1SC(=O)N(Cc2ccc(C(=O)NC3CCCC3)cc2)N=C1c1ccc(OC)c(OCF)c1. The lowest BCUT2D eigenvalue weighted by Crippen LogP contribution is -2.35. The van der Waals surface area contributed by atoms with Gasteiger partial charge in [0.15, 0.2) is 11.5 Å². The summed E-state index contributed by atoms with van der Waals surface area (Å²) < 4.78 is 23.2. The maximum absolute atomic E-state index is 12.9. The summed E-state index contributed by atoms with van der Waals surface area (Å²) in [5.74, 6) is 0.642. The zero-order valence-corrected chi connectivity index (χ0v) is 20.8. The summed E-state index contributed by atoms with van der Waals surface area (Å²) in [4.78, 5) is 25.3. The van der Waals surface area contributed by atoms with Crippen LogP contribution in [0.5, 0.6) is 11.5 Å². The highest BCUT2D eigenvalue weighted by Gasteiger charge is 2.30. The van der Waals surface area contributed by atoms with Crippen molar-refractivity contribution < 1.29 is 23.5 Å². The third kappa shape index (κ3) is 5.96. The number of nitrogens with one attached hydrogen (secondary N) is 1. The van der Waals surface area contributed by atoms with Crippen LogP contribution >= 0.6 is 11.8 Å². The highest BCUT2D eigenvalue weighted by atomic mass is 32.2. The van der Waals surface area contributed by atoms with Crippen LogP contribution in [-0.2, 0) is 6.54 Å². The van der Waals surface area contributed by atoms with Crippen molar-refractivity contribution in [2.24, 2.45) is 5.10 Å². The van der Waals surface area contributed by atoms with Gasteiger partial charge in [0.1, 0.15) is 0 Å². The molecule has 9 heteroatoms. The number of ether oxygens (including phenoxy) is 2. The van der Waals surface area contributed by atoms with Crippen molar-refractivity contribution in [3.8, 4) is 11.5 Å². The molecule has 0 radical (unpaired) electrons. The quantitative estimate of drug-likeness (QED) is 0.491. The topological polar surface area (TPSA) is 80.2 Å². The van der Waals surface area contributed by atoms with Crippen LogP contribution in [-0.4, -0.2) is 47.1 Å². The van der Waals surface area contributed by atoms with Crippen LogP contribution in [0, 0.1) is 0 Å². The van der Waals surface area contributed by atoms with E-state index in [1.165, 1.54) is 23.9 Å². The first-order valence-corrected chi connectivity index (χ1v) is 12.7. The van der Waals surface area contributed by atoms with Crippen molar-refractivity contribution in [3.63, 3.8) is 0 Å². The smallest absolute Gasteiger partial charge is 0.302 e. The molecule has 1 aliphatic heterocycles. The molecule has 0 bridgehead atoms. The number of hydrogen-bond donors (Lipinski definition) is 1. The van der Waals surface area contributed by atoms with Crippen LogP contribution in [0.2, 0.25) is 0 Å². The van der Waals surface area contributed by atoms with Gasteiger partial charge in [-0.1, -0.05) is 43.7 Å². The van der Waals surface area contributed by atoms with Crippen LogP contribution in [0.3, 0.4) is 0 Å². The lowest BCUT2D eigenvalue weighted by atomic mass is 10.0. The average molecular weight is 500 g/mol. The Bertz CT molecular complexity index is 1090. The highest BCUT2D eigenvalue weighted by Crippen LogP contribution is 2.34. The van der Waals surface area contributed by atoms with E-state index in [1.54, 1.807) is 24.3 Å². The summed E-state index contributed by atoms with van der Waals surface area (Å²) in [7, 11) is 1.49. The van der Waals surface area contributed by atoms with E-state index in [9.17, 15) is 14.0 Å². The Kier molecular flexibility index (Phi) is 8.28. The van der Waals surface area contributed by atoms with E-state index in [-0.39, 0.29) is 34.7 Å². The number of hydrogen-bond acceptors (Lipinski definition) is 6. The minimum Gasteiger partial charge on any atom is -0.493 e. The van der Waals surface area contributed by atoms with Gasteiger partial charge in [0.2, 0.25) is 6.86 Å². The van der Waals surface area contributed by atoms with Gasteiger partial charge in [-0.25, -0.2) is 9.40 Å². The van der Waals surface area contributed by atoms with Crippen LogP contribution in [0.1, 0.15) is 60.5 Å². The van der Waals surface area contributed by atoms with Crippen LogP contribution < -0.4 is 14.8 Å². The predicted octanol–water partition coefficient (Wildman–Crippen LogP) is 5.53. The summed E-state index contributed by atoms with van der Waals surface area (Å²) in [6.07, 6.45) is 5.10. The van der Waals surface area contributed by atoms with E-state index in [0.717, 1.165) is 42.5 Å². The van der Waals surface area contributed by atoms with Crippen molar-refractivity contribution in [2.75, 3.05) is 14.0 Å². The fraction of sp³-hybridized carbons (Fsp3) is 0.423. The molecular weight excluding hydrogens is 469 g/mol. The van der Waals surface area contributed by atoms with Crippen molar-refractivity contribution in [1.29, 1.82) is 0 Å². The van der Waals surface area contributed by atoms with Gasteiger partial charge in [-0.05, 0) is 55.2 Å². The van der Waals surface area contributed by atoms with Crippen LogP contribution in [0.25, 0.3) is 0 Å². The maximum Gasteiger partial charge on any atom is 0.302 e. The second kappa shape index (κ2) is 11.6. The summed E-state index contributed by atoms with van der Waals surface area (Å²) in [6, 6.07) is 12.8. The van der Waals surface area contributed by atoms with E-state index in [0.29, 0.717) is 17.7 Å². The zero-order valence-electron chi connectivity index (χ0n) is 20.0. The number of halogens is 1. The van der Waals surface area contributed by atoms with E-state index >= 15 is 0 Å². The molecule has 2 aromatic rings. The molecule has 186 valence electrons.